The van der Waals surface area contributed by atoms with Crippen LogP contribution in [0.2, 0.25) is 0 Å². The average Bonchev–Trinajstić information content (AvgIpc) is 2.63. The summed E-state index contributed by atoms with van der Waals surface area (Å²) >= 11 is 0. The predicted molar refractivity (Wildman–Crippen MR) is 67.8 cm³/mol. The summed E-state index contributed by atoms with van der Waals surface area (Å²) in [6, 6.07) is 2.44. The maximum atomic E-state index is 10.4. The monoisotopic (exact) mass is 237 g/mol. The molecule has 4 nitrogen and oxygen atoms in total. The number of aryl methyl sites for hydroxylation is 1. The SMILES string of the molecule is Cn1ccc(CC(C)(O)CC2CCCCN2)n1. The highest BCUT2D eigenvalue weighted by molar-refractivity contribution is 5.03. The van der Waals surface area contributed by atoms with Crippen molar-refractivity contribution < 1.29 is 5.11 Å². The topological polar surface area (TPSA) is 50.1 Å². The first kappa shape index (κ1) is 12.6. The quantitative estimate of drug-likeness (QED) is 0.828. The minimum absolute atomic E-state index is 0.461. The lowest BCUT2D eigenvalue weighted by atomic mass is 9.88. The van der Waals surface area contributed by atoms with Gasteiger partial charge in [-0.2, -0.15) is 5.10 Å². The molecule has 0 aliphatic carbocycles. The van der Waals surface area contributed by atoms with Gasteiger partial charge in [-0.3, -0.25) is 4.68 Å². The van der Waals surface area contributed by atoms with E-state index >= 15 is 0 Å². The molecule has 1 aromatic heterocycles. The molecule has 2 N–H and O–H groups in total. The van der Waals surface area contributed by atoms with E-state index in [1.807, 2.05) is 26.2 Å². The number of nitrogens with zero attached hydrogens (tertiary/aromatic N) is 2. The fraction of sp³-hybridized carbons (Fsp3) is 0.769. The molecule has 0 amide bonds. The molecule has 0 saturated carbocycles. The maximum absolute atomic E-state index is 10.4. The molecular weight excluding hydrogens is 214 g/mol. The Morgan fingerprint density at radius 3 is 3.00 bits per heavy atom. The molecule has 1 aliphatic rings. The van der Waals surface area contributed by atoms with E-state index in [4.69, 9.17) is 0 Å². The van der Waals surface area contributed by atoms with Gasteiger partial charge in [-0.1, -0.05) is 6.42 Å². The molecule has 1 aliphatic heterocycles. The van der Waals surface area contributed by atoms with Gasteiger partial charge in [-0.05, 0) is 38.8 Å². The van der Waals surface area contributed by atoms with E-state index in [2.05, 4.69) is 10.4 Å². The van der Waals surface area contributed by atoms with Crippen LogP contribution in [0.15, 0.2) is 12.3 Å². The molecule has 4 heteroatoms. The Labute approximate surface area is 103 Å². The van der Waals surface area contributed by atoms with Crippen LogP contribution in [-0.4, -0.2) is 33.1 Å². The molecule has 2 rings (SSSR count). The van der Waals surface area contributed by atoms with Crippen molar-refractivity contribution in [2.45, 2.75) is 50.7 Å². The molecule has 0 aromatic carbocycles. The second kappa shape index (κ2) is 5.19. The minimum Gasteiger partial charge on any atom is -0.390 e. The van der Waals surface area contributed by atoms with E-state index in [1.165, 1.54) is 19.3 Å². The van der Waals surface area contributed by atoms with Crippen molar-refractivity contribution >= 4 is 0 Å². The predicted octanol–water partition coefficient (Wildman–Crippen LogP) is 1.25. The van der Waals surface area contributed by atoms with Gasteiger partial charge in [-0.25, -0.2) is 0 Å². The van der Waals surface area contributed by atoms with Crippen molar-refractivity contribution in [3.63, 3.8) is 0 Å². The molecule has 96 valence electrons. The highest BCUT2D eigenvalue weighted by atomic mass is 16.3. The highest BCUT2D eigenvalue weighted by Gasteiger charge is 2.27. The molecule has 17 heavy (non-hydrogen) atoms. The number of piperidine rings is 1. The molecule has 2 unspecified atom stereocenters. The van der Waals surface area contributed by atoms with E-state index in [9.17, 15) is 5.11 Å². The molecule has 1 fully saturated rings. The van der Waals surface area contributed by atoms with E-state index in [0.29, 0.717) is 12.5 Å². The summed E-state index contributed by atoms with van der Waals surface area (Å²) in [5, 5.41) is 18.2. The van der Waals surface area contributed by atoms with Gasteiger partial charge in [0, 0.05) is 25.7 Å². The van der Waals surface area contributed by atoms with E-state index < -0.39 is 5.60 Å². The largest absolute Gasteiger partial charge is 0.390 e. The number of rotatable bonds is 4. The van der Waals surface area contributed by atoms with Crippen LogP contribution in [0.1, 0.15) is 38.3 Å². The van der Waals surface area contributed by atoms with E-state index in [-0.39, 0.29) is 0 Å². The minimum atomic E-state index is -0.663. The third-order valence-corrected chi connectivity index (χ3v) is 3.43. The van der Waals surface area contributed by atoms with Crippen LogP contribution >= 0.6 is 0 Å². The number of aliphatic hydroxyl groups is 1. The first-order valence-electron chi connectivity index (χ1n) is 6.49. The van der Waals surface area contributed by atoms with Gasteiger partial charge in [0.25, 0.3) is 0 Å². The van der Waals surface area contributed by atoms with E-state index in [1.54, 1.807) is 4.68 Å². The molecule has 0 bridgehead atoms. The molecular formula is C13H23N3O. The van der Waals surface area contributed by atoms with Gasteiger partial charge in [-0.15, -0.1) is 0 Å². The summed E-state index contributed by atoms with van der Waals surface area (Å²) in [4.78, 5) is 0. The van der Waals surface area contributed by atoms with Gasteiger partial charge in [0.1, 0.15) is 0 Å². The third-order valence-electron chi connectivity index (χ3n) is 3.43. The first-order valence-corrected chi connectivity index (χ1v) is 6.49. The Morgan fingerprint density at radius 2 is 2.41 bits per heavy atom. The maximum Gasteiger partial charge on any atom is 0.0690 e. The lowest BCUT2D eigenvalue weighted by Crippen LogP contribution is -2.42. The molecule has 0 spiro atoms. The fourth-order valence-electron chi connectivity index (χ4n) is 2.65. The van der Waals surface area contributed by atoms with Crippen molar-refractivity contribution in [1.29, 1.82) is 0 Å². The van der Waals surface area contributed by atoms with Crippen LogP contribution < -0.4 is 5.32 Å². The summed E-state index contributed by atoms with van der Waals surface area (Å²) in [5.41, 5.74) is 0.303. The zero-order valence-electron chi connectivity index (χ0n) is 10.8. The van der Waals surface area contributed by atoms with Crippen LogP contribution in [-0.2, 0) is 13.5 Å². The van der Waals surface area contributed by atoms with Crippen LogP contribution in [0.4, 0.5) is 0 Å². The van der Waals surface area contributed by atoms with E-state index in [0.717, 1.165) is 18.7 Å². The summed E-state index contributed by atoms with van der Waals surface area (Å²) < 4.78 is 1.78. The number of nitrogens with one attached hydrogen (secondary N) is 1. The second-order valence-corrected chi connectivity index (χ2v) is 5.51. The summed E-state index contributed by atoms with van der Waals surface area (Å²) in [5.74, 6) is 0. The van der Waals surface area contributed by atoms with Crippen LogP contribution in [0.25, 0.3) is 0 Å². The summed E-state index contributed by atoms with van der Waals surface area (Å²) in [7, 11) is 1.90. The van der Waals surface area contributed by atoms with Gasteiger partial charge >= 0.3 is 0 Å². The summed E-state index contributed by atoms with van der Waals surface area (Å²) in [6.45, 7) is 3.00. The second-order valence-electron chi connectivity index (χ2n) is 5.51. The van der Waals surface area contributed by atoms with Crippen LogP contribution in [0, 0.1) is 0 Å². The van der Waals surface area contributed by atoms with Gasteiger partial charge < -0.3 is 10.4 Å². The van der Waals surface area contributed by atoms with Crippen molar-refractivity contribution in [3.8, 4) is 0 Å². The Balaban J connectivity index is 1.88. The number of aromatic nitrogens is 2. The van der Waals surface area contributed by atoms with Gasteiger partial charge in [0.2, 0.25) is 0 Å². The molecule has 1 aromatic rings. The Hall–Kier alpha value is -0.870. The average molecular weight is 237 g/mol. The van der Waals surface area contributed by atoms with Crippen molar-refractivity contribution in [1.82, 2.24) is 15.1 Å². The third kappa shape index (κ3) is 3.82. The van der Waals surface area contributed by atoms with Crippen molar-refractivity contribution in [2.24, 2.45) is 7.05 Å². The van der Waals surface area contributed by atoms with Crippen LogP contribution in [0.3, 0.4) is 0 Å². The van der Waals surface area contributed by atoms with Crippen molar-refractivity contribution in [2.75, 3.05) is 6.54 Å². The smallest absolute Gasteiger partial charge is 0.0690 e. The molecule has 0 radical (unpaired) electrons. The van der Waals surface area contributed by atoms with Crippen LogP contribution in [0.5, 0.6) is 0 Å². The Kier molecular flexibility index (Phi) is 3.84. The highest BCUT2D eigenvalue weighted by Crippen LogP contribution is 2.21. The number of hydrogen-bond donors (Lipinski definition) is 2. The van der Waals surface area contributed by atoms with Gasteiger partial charge in [0.05, 0.1) is 11.3 Å². The molecule has 2 heterocycles. The lowest BCUT2D eigenvalue weighted by Gasteiger charge is -2.31. The normalized spacial score (nSPS) is 24.5. The standard InChI is InChI=1S/C13H23N3O/c1-13(17,9-11-5-3-4-7-14-11)10-12-6-8-16(2)15-12/h6,8,11,14,17H,3-5,7,9-10H2,1-2H3. The fourth-order valence-corrected chi connectivity index (χ4v) is 2.65. The molecule has 2 atom stereocenters. The Morgan fingerprint density at radius 1 is 1.59 bits per heavy atom. The zero-order chi connectivity index (χ0) is 12.3. The van der Waals surface area contributed by atoms with Gasteiger partial charge in [0.15, 0.2) is 0 Å². The zero-order valence-corrected chi connectivity index (χ0v) is 10.8. The lowest BCUT2D eigenvalue weighted by molar-refractivity contribution is 0.0361. The first-order chi connectivity index (χ1) is 8.05. The summed E-state index contributed by atoms with van der Waals surface area (Å²) in [6.07, 6.45) is 7.08. The van der Waals surface area contributed by atoms with Crippen molar-refractivity contribution in [3.05, 3.63) is 18.0 Å². The Bertz CT molecular complexity index is 353. The molecule has 1 saturated heterocycles. The number of hydrogen-bond acceptors (Lipinski definition) is 3.